The molecule has 70 heavy (non-hydrogen) atoms. The number of H-pyrrole nitrogens is 1. The zero-order valence-corrected chi connectivity index (χ0v) is 39.0. The summed E-state index contributed by atoms with van der Waals surface area (Å²) in [6, 6.07) is 8.87. The van der Waals surface area contributed by atoms with Gasteiger partial charge in [-0.05, 0) is 54.5 Å². The monoisotopic (exact) mass is 978 g/mol. The minimum atomic E-state index is -2.51. The third-order valence-corrected chi connectivity index (χ3v) is 12.3. The van der Waals surface area contributed by atoms with Gasteiger partial charge >= 0.3 is 5.97 Å². The van der Waals surface area contributed by atoms with Crippen LogP contribution < -0.4 is 36.6 Å². The molecule has 0 saturated carbocycles. The predicted molar refractivity (Wildman–Crippen MR) is 249 cm³/mol. The fourth-order valence-corrected chi connectivity index (χ4v) is 8.26. The number of carboxylic acids is 1. The van der Waals surface area contributed by atoms with Gasteiger partial charge in [0, 0.05) is 30.9 Å². The molecular formula is C47H62N8O15. The van der Waals surface area contributed by atoms with E-state index >= 15 is 0 Å². The molecule has 3 aromatic rings. The Morgan fingerprint density at radius 1 is 0.886 bits per heavy atom. The van der Waals surface area contributed by atoms with E-state index in [2.05, 4.69) is 36.9 Å². The number of hydrogen-bond acceptors (Lipinski definition) is 14. The number of carbonyl (C=O) groups excluding carboxylic acids is 7. The number of aromatic nitrogens is 1. The lowest BCUT2D eigenvalue weighted by Gasteiger charge is -2.35. The molecule has 7 amide bonds. The number of aliphatic hydroxyl groups excluding tert-OH is 4. The number of unbranched alkanes of at least 4 members (excludes halogenated alkanes) is 2. The molecule has 1 aromatic heterocycles. The van der Waals surface area contributed by atoms with Gasteiger partial charge in [0.25, 0.3) is 5.91 Å². The van der Waals surface area contributed by atoms with Crippen molar-refractivity contribution in [2.75, 3.05) is 33.8 Å². The zero-order valence-electron chi connectivity index (χ0n) is 39.0. The molecular weight excluding hydrogens is 917 g/mol. The Hall–Kier alpha value is -6.92. The van der Waals surface area contributed by atoms with E-state index < -0.39 is 147 Å². The first-order valence-corrected chi connectivity index (χ1v) is 22.8. The van der Waals surface area contributed by atoms with Crippen LogP contribution in [-0.2, 0) is 40.0 Å². The largest absolute Gasteiger partial charge is 0.497 e. The molecule has 2 aliphatic rings. The Bertz CT molecular complexity index is 2410. The van der Waals surface area contributed by atoms with Gasteiger partial charge in [-0.3, -0.25) is 33.6 Å². The number of carboxylic acid groups (broad SMARTS) is 1. The lowest BCUT2D eigenvalue weighted by molar-refractivity contribution is -0.145. The highest BCUT2D eigenvalue weighted by molar-refractivity contribution is 5.99. The van der Waals surface area contributed by atoms with E-state index in [0.29, 0.717) is 36.6 Å². The van der Waals surface area contributed by atoms with Crippen molar-refractivity contribution in [2.24, 2.45) is 5.92 Å². The van der Waals surface area contributed by atoms with Gasteiger partial charge in [-0.15, -0.1) is 0 Å². The first-order valence-electron chi connectivity index (χ1n) is 22.8. The molecule has 1 unspecified atom stereocenters. The molecule has 0 bridgehead atoms. The van der Waals surface area contributed by atoms with E-state index in [0.717, 1.165) is 16.2 Å². The molecule has 2 aromatic carbocycles. The number of carbonyl (C=O) groups is 8. The third kappa shape index (κ3) is 14.6. The van der Waals surface area contributed by atoms with Crippen LogP contribution in [0.15, 0.2) is 54.6 Å². The molecule has 23 nitrogen and oxygen atoms in total. The number of aromatic amines is 1. The number of nitrogens with zero attached hydrogens (tertiary/aromatic N) is 1. The number of allylic oxidation sites excluding steroid dienone is 1. The summed E-state index contributed by atoms with van der Waals surface area (Å²) in [5, 5.41) is 80.8. The summed E-state index contributed by atoms with van der Waals surface area (Å²) in [6.07, 6.45) is -4.06. The highest BCUT2D eigenvalue weighted by Crippen LogP contribution is 2.26. The molecule has 23 heteroatoms. The average Bonchev–Trinajstić information content (AvgIpc) is 3.83. The Morgan fingerprint density at radius 3 is 2.30 bits per heavy atom. The SMILES string of the molecule is COc1ccc(/C=C/CCCCC(C)[C@H](O)[C@@H](O)[C@H]2NC(=O)C[C@@H](O)CNC(=O)CNC(=O)[C@@H](Cc3c(C(=O)O)[nH]c4ccccc34)NC(=O)CN(C)C(=O)C[C@@]3(O)NC(=O)C[C@@H]3NC(=O)[C@H]2O)cc1. The minimum absolute atomic E-state index is 0.133. The van der Waals surface area contributed by atoms with Crippen molar-refractivity contribution in [3.05, 3.63) is 71.4 Å². The number of fused-ring (bicyclic) bond motifs is 2. The number of β-amino-alcohol motifs (C(OH)–C–C–N with tert-alkyl or cyclic N) is 1. The van der Waals surface area contributed by atoms with Gasteiger partial charge in [0.05, 0.1) is 63.8 Å². The van der Waals surface area contributed by atoms with Crippen LogP contribution in [0.1, 0.15) is 73.5 Å². The van der Waals surface area contributed by atoms with E-state index in [-0.39, 0.29) is 11.3 Å². The maximum Gasteiger partial charge on any atom is 0.352 e. The van der Waals surface area contributed by atoms with Crippen molar-refractivity contribution >= 4 is 64.3 Å². The highest BCUT2D eigenvalue weighted by Gasteiger charge is 2.49. The van der Waals surface area contributed by atoms with Crippen LogP contribution in [0.2, 0.25) is 0 Å². The van der Waals surface area contributed by atoms with Gasteiger partial charge in [0.2, 0.25) is 35.4 Å². The lowest BCUT2D eigenvalue weighted by atomic mass is 9.88. The molecule has 380 valence electrons. The van der Waals surface area contributed by atoms with Crippen molar-refractivity contribution < 1.29 is 73.7 Å². The number of amides is 7. The minimum Gasteiger partial charge on any atom is -0.497 e. The van der Waals surface area contributed by atoms with E-state index in [1.54, 1.807) is 38.3 Å². The third-order valence-electron chi connectivity index (χ3n) is 12.3. The van der Waals surface area contributed by atoms with E-state index in [4.69, 9.17) is 4.74 Å². The Morgan fingerprint density at radius 2 is 1.60 bits per heavy atom. The summed E-state index contributed by atoms with van der Waals surface area (Å²) in [6.45, 7) is -0.413. The van der Waals surface area contributed by atoms with Crippen molar-refractivity contribution in [1.82, 2.24) is 41.8 Å². The van der Waals surface area contributed by atoms with Gasteiger partial charge in [0.15, 0.2) is 11.8 Å². The van der Waals surface area contributed by atoms with Crippen molar-refractivity contribution in [2.45, 2.75) is 107 Å². The first kappa shape index (κ1) is 54.0. The van der Waals surface area contributed by atoms with Gasteiger partial charge < -0.3 is 77.2 Å². The maximum absolute atomic E-state index is 13.7. The van der Waals surface area contributed by atoms with Crippen molar-refractivity contribution in [3.8, 4) is 5.75 Å². The first-order chi connectivity index (χ1) is 33.2. The highest BCUT2D eigenvalue weighted by atomic mass is 16.5. The van der Waals surface area contributed by atoms with Crippen LogP contribution in [0.5, 0.6) is 5.75 Å². The summed E-state index contributed by atoms with van der Waals surface area (Å²) in [5.74, 6) is -8.20. The maximum atomic E-state index is 13.7. The number of nitrogens with one attached hydrogen (secondary N) is 7. The van der Waals surface area contributed by atoms with Crippen LogP contribution in [0, 0.1) is 5.92 Å². The van der Waals surface area contributed by atoms with Crippen molar-refractivity contribution in [3.63, 3.8) is 0 Å². The fraction of sp³-hybridized carbons (Fsp3) is 0.489. The standard InChI is InChI=1S/C47H62N8O15/c1-25(10-6-4-5-7-11-26-14-16-28(70-3)17-15-26)41(62)42(63)40-43(64)45(66)52-33-20-35(58)54-47(33,69)21-38(61)55(2)24-37(60)50-32(19-30-29-12-8-9-13-31(29)51-39(30)46(67)68)44(65)49-23-36(59)48-22-27(56)18-34(57)53-40/h7-9,11-17,25,27,32-33,40-43,51,56,62-64,69H,4-6,10,18-24H2,1-3H3,(H,48,59)(H,49,65)(H,50,60)(H,52,66)(H,53,57)(H,54,58)(H,67,68)/b11-7+/t25?,27-,32-,33+,40-,41+,42+,43+,47+/m1/s1. The summed E-state index contributed by atoms with van der Waals surface area (Å²) in [7, 11) is 2.74. The predicted octanol–water partition coefficient (Wildman–Crippen LogP) is -2.08. The summed E-state index contributed by atoms with van der Waals surface area (Å²) in [4.78, 5) is 109. The molecule has 0 spiro atoms. The van der Waals surface area contributed by atoms with Gasteiger partial charge in [-0.25, -0.2) is 4.79 Å². The van der Waals surface area contributed by atoms with E-state index in [1.807, 2.05) is 36.4 Å². The number of likely N-dealkylation sites (N-methyl/N-ethyl adjacent to an activating group) is 1. The summed E-state index contributed by atoms with van der Waals surface area (Å²) >= 11 is 0. The number of para-hydroxylation sites is 1. The van der Waals surface area contributed by atoms with Crippen LogP contribution in [-0.4, -0.2) is 170 Å². The molecule has 2 fully saturated rings. The lowest BCUT2D eigenvalue weighted by Crippen LogP contribution is -2.63. The van der Waals surface area contributed by atoms with Gasteiger partial charge in [-0.2, -0.15) is 0 Å². The number of aromatic carboxylic acids is 1. The average molecular weight is 979 g/mol. The van der Waals surface area contributed by atoms with Crippen LogP contribution in [0.3, 0.4) is 0 Å². The van der Waals surface area contributed by atoms with E-state index in [1.165, 1.54) is 7.05 Å². The second-order valence-electron chi connectivity index (χ2n) is 17.7. The molecule has 9 atom stereocenters. The molecule has 5 rings (SSSR count). The quantitative estimate of drug-likeness (QED) is 0.0818. The Balaban J connectivity index is 1.33. The molecule has 0 aliphatic carbocycles. The molecule has 0 radical (unpaired) electrons. The molecule has 2 aliphatic heterocycles. The van der Waals surface area contributed by atoms with Gasteiger partial charge in [0.1, 0.15) is 23.6 Å². The number of ether oxygens (including phenoxy) is 1. The zero-order chi connectivity index (χ0) is 51.3. The normalized spacial score (nSPS) is 25.2. The number of benzene rings is 2. The van der Waals surface area contributed by atoms with Crippen molar-refractivity contribution in [1.29, 1.82) is 0 Å². The Labute approximate surface area is 402 Å². The van der Waals surface area contributed by atoms with Crippen LogP contribution in [0.4, 0.5) is 0 Å². The van der Waals surface area contributed by atoms with E-state index in [9.17, 15) is 69.0 Å². The summed E-state index contributed by atoms with van der Waals surface area (Å²) < 4.78 is 5.18. The number of aliphatic hydroxyl groups is 5. The smallest absolute Gasteiger partial charge is 0.352 e. The fourth-order valence-electron chi connectivity index (χ4n) is 8.26. The van der Waals surface area contributed by atoms with Gasteiger partial charge in [-0.1, -0.05) is 55.8 Å². The molecule has 13 N–H and O–H groups in total. The topological polar surface area (TPSA) is 358 Å². The summed E-state index contributed by atoms with van der Waals surface area (Å²) in [5.41, 5.74) is -1.26. The molecule has 2 saturated heterocycles. The van der Waals surface area contributed by atoms with Crippen LogP contribution >= 0.6 is 0 Å². The second-order valence-corrected chi connectivity index (χ2v) is 17.7. The number of rotatable bonds is 13. The number of hydrogen-bond donors (Lipinski definition) is 13. The van der Waals surface area contributed by atoms with Crippen LogP contribution in [0.25, 0.3) is 17.0 Å². The Kier molecular flexibility index (Phi) is 19.0. The number of methoxy groups -OCH3 is 1. The second kappa shape index (κ2) is 24.6. The molecule has 3 heterocycles.